The van der Waals surface area contributed by atoms with Gasteiger partial charge in [0.05, 0.1) is 22.4 Å². The molecule has 5 rings (SSSR count). The van der Waals surface area contributed by atoms with Gasteiger partial charge in [0, 0.05) is 42.7 Å². The van der Waals surface area contributed by atoms with Crippen molar-refractivity contribution in [1.82, 2.24) is 14.8 Å². The number of halogens is 3. The molecule has 1 aliphatic heterocycles. The molecule has 0 unspecified atom stereocenters. The van der Waals surface area contributed by atoms with E-state index in [4.69, 9.17) is 4.42 Å². The van der Waals surface area contributed by atoms with Gasteiger partial charge in [-0.15, -0.1) is 0 Å². The minimum Gasteiger partial charge on any atom is -0.449 e. The number of rotatable bonds is 3. The average molecular weight is 572 g/mol. The zero-order valence-corrected chi connectivity index (χ0v) is 24.2. The van der Waals surface area contributed by atoms with E-state index in [0.717, 1.165) is 17.7 Å². The largest absolute Gasteiger partial charge is 0.449 e. The Morgan fingerprint density at radius 2 is 1.66 bits per heavy atom. The Labute approximate surface area is 237 Å². The van der Waals surface area contributed by atoms with Gasteiger partial charge >= 0.3 is 6.18 Å². The van der Waals surface area contributed by atoms with Gasteiger partial charge in [0.25, 0.3) is 5.91 Å². The number of nitrogens with zero attached hydrogens (tertiary/aromatic N) is 3. The molecule has 41 heavy (non-hydrogen) atoms. The van der Waals surface area contributed by atoms with Crippen molar-refractivity contribution in [2.24, 2.45) is 5.92 Å². The summed E-state index contributed by atoms with van der Waals surface area (Å²) in [5, 5.41) is 10.0. The summed E-state index contributed by atoms with van der Waals surface area (Å²) in [7, 11) is 0. The maximum atomic E-state index is 13.8. The van der Waals surface area contributed by atoms with Gasteiger partial charge in [0.15, 0.2) is 11.3 Å². The molecule has 2 aromatic heterocycles. The molecular formula is C31H36F3N3O4. The minimum absolute atomic E-state index is 0.00949. The summed E-state index contributed by atoms with van der Waals surface area (Å²) in [4.78, 5) is 34.9. The Morgan fingerprint density at radius 1 is 1.02 bits per heavy atom. The van der Waals surface area contributed by atoms with Gasteiger partial charge in [-0.1, -0.05) is 32.9 Å². The van der Waals surface area contributed by atoms with Gasteiger partial charge in [0.2, 0.25) is 5.91 Å². The monoisotopic (exact) mass is 571 g/mol. The highest BCUT2D eigenvalue weighted by molar-refractivity contribution is 5.97. The Morgan fingerprint density at radius 3 is 2.20 bits per heavy atom. The SMILES string of the molecule is CC1(O)CC(C(=O)N2CCN(C(=O)c3cc4nc(-c5ccc(C(F)(F)F)cc5)cc(C(C)(C)C)c4o3)C(C)(C)C2)C1. The first-order chi connectivity index (χ1) is 18.9. The fourth-order valence-corrected chi connectivity index (χ4v) is 5.95. The summed E-state index contributed by atoms with van der Waals surface area (Å²) in [6.45, 7) is 12.6. The minimum atomic E-state index is -4.43. The van der Waals surface area contributed by atoms with Crippen molar-refractivity contribution in [3.05, 3.63) is 53.3 Å². The van der Waals surface area contributed by atoms with Crippen LogP contribution in [-0.4, -0.2) is 62.5 Å². The van der Waals surface area contributed by atoms with Gasteiger partial charge in [0.1, 0.15) is 5.52 Å². The lowest BCUT2D eigenvalue weighted by atomic mass is 9.71. The van der Waals surface area contributed by atoms with Crippen LogP contribution in [0.3, 0.4) is 0 Å². The summed E-state index contributed by atoms with van der Waals surface area (Å²) in [6.07, 6.45) is -3.54. The predicted molar refractivity (Wildman–Crippen MR) is 148 cm³/mol. The highest BCUT2D eigenvalue weighted by Gasteiger charge is 2.47. The molecule has 2 fully saturated rings. The van der Waals surface area contributed by atoms with E-state index in [0.29, 0.717) is 54.8 Å². The van der Waals surface area contributed by atoms with Crippen LogP contribution in [0.2, 0.25) is 0 Å². The molecule has 1 saturated carbocycles. The van der Waals surface area contributed by atoms with E-state index < -0.39 is 28.3 Å². The molecule has 2 amide bonds. The molecule has 1 aliphatic carbocycles. The molecule has 0 radical (unpaired) electrons. The first-order valence-electron chi connectivity index (χ1n) is 13.8. The number of fused-ring (bicyclic) bond motifs is 1. The molecule has 220 valence electrons. The van der Waals surface area contributed by atoms with Crippen molar-refractivity contribution >= 4 is 22.9 Å². The van der Waals surface area contributed by atoms with Gasteiger partial charge in [-0.05, 0) is 57.2 Å². The van der Waals surface area contributed by atoms with E-state index in [2.05, 4.69) is 4.98 Å². The van der Waals surface area contributed by atoms with E-state index in [9.17, 15) is 27.9 Å². The molecule has 1 saturated heterocycles. The lowest BCUT2D eigenvalue weighted by molar-refractivity contribution is -0.153. The van der Waals surface area contributed by atoms with E-state index in [1.54, 1.807) is 28.9 Å². The number of hydrogen-bond donors (Lipinski definition) is 1. The number of aromatic nitrogens is 1. The average Bonchev–Trinajstić information content (AvgIpc) is 3.28. The smallest absolute Gasteiger partial charge is 0.416 e. The van der Waals surface area contributed by atoms with E-state index in [-0.39, 0.29) is 23.5 Å². The maximum absolute atomic E-state index is 13.8. The topological polar surface area (TPSA) is 86.9 Å². The molecule has 0 atom stereocenters. The van der Waals surface area contributed by atoms with Crippen molar-refractivity contribution in [2.45, 2.75) is 77.1 Å². The standard InChI is InChI=1S/C31H36F3N3O4/c1-28(2,3)21-13-22(18-7-9-20(10-8-18)31(32,33)34)35-23-14-24(41-25(21)23)27(39)37-12-11-36(17-29(37,4)5)26(38)19-15-30(6,40)16-19/h7-10,13-14,19,40H,11-12,15-17H2,1-6H3. The number of aliphatic hydroxyl groups is 1. The number of furan rings is 1. The molecule has 10 heteroatoms. The highest BCUT2D eigenvalue weighted by atomic mass is 19.4. The van der Waals surface area contributed by atoms with Gasteiger partial charge in [-0.2, -0.15) is 13.2 Å². The molecule has 3 heterocycles. The molecule has 0 bridgehead atoms. The fraction of sp³-hybridized carbons (Fsp3) is 0.516. The summed E-state index contributed by atoms with van der Waals surface area (Å²) in [5.41, 5.74) is 0.0916. The lowest BCUT2D eigenvalue weighted by Crippen LogP contribution is -2.63. The second-order valence-corrected chi connectivity index (χ2v) is 13.3. The van der Waals surface area contributed by atoms with Crippen LogP contribution < -0.4 is 0 Å². The first kappa shape index (κ1) is 29.1. The van der Waals surface area contributed by atoms with Crippen LogP contribution in [0, 0.1) is 5.92 Å². The normalized spacial score (nSPS) is 23.0. The number of pyridine rings is 1. The number of alkyl halides is 3. The predicted octanol–water partition coefficient (Wildman–Crippen LogP) is 6.04. The molecule has 1 aromatic carbocycles. The zero-order valence-electron chi connectivity index (χ0n) is 24.2. The molecule has 7 nitrogen and oxygen atoms in total. The third-order valence-electron chi connectivity index (χ3n) is 8.19. The van der Waals surface area contributed by atoms with Crippen LogP contribution in [0.5, 0.6) is 0 Å². The van der Waals surface area contributed by atoms with Crippen molar-refractivity contribution in [3.63, 3.8) is 0 Å². The summed E-state index contributed by atoms with van der Waals surface area (Å²) in [6, 6.07) is 8.23. The Kier molecular flexibility index (Phi) is 6.80. The van der Waals surface area contributed by atoms with Crippen LogP contribution in [0.1, 0.15) is 76.1 Å². The number of amides is 2. The second-order valence-electron chi connectivity index (χ2n) is 13.3. The summed E-state index contributed by atoms with van der Waals surface area (Å²) in [5.74, 6) is -0.387. The Balaban J connectivity index is 1.43. The number of benzene rings is 1. The van der Waals surface area contributed by atoms with E-state index >= 15 is 0 Å². The van der Waals surface area contributed by atoms with E-state index in [1.807, 2.05) is 34.6 Å². The number of carbonyl (C=O) groups excluding carboxylic acids is 2. The number of hydrogen-bond acceptors (Lipinski definition) is 5. The van der Waals surface area contributed by atoms with Crippen LogP contribution in [0.15, 0.2) is 40.8 Å². The van der Waals surface area contributed by atoms with Crippen molar-refractivity contribution in [1.29, 1.82) is 0 Å². The van der Waals surface area contributed by atoms with Gasteiger partial charge in [-0.3, -0.25) is 9.59 Å². The van der Waals surface area contributed by atoms with Crippen molar-refractivity contribution in [2.75, 3.05) is 19.6 Å². The van der Waals surface area contributed by atoms with Crippen LogP contribution in [-0.2, 0) is 16.4 Å². The fourth-order valence-electron chi connectivity index (χ4n) is 5.95. The third-order valence-corrected chi connectivity index (χ3v) is 8.19. The maximum Gasteiger partial charge on any atom is 0.416 e. The molecule has 3 aromatic rings. The van der Waals surface area contributed by atoms with Crippen LogP contribution in [0.25, 0.3) is 22.4 Å². The van der Waals surface area contributed by atoms with Crippen molar-refractivity contribution < 1.29 is 32.3 Å². The summed E-state index contributed by atoms with van der Waals surface area (Å²) >= 11 is 0. The molecule has 2 aliphatic rings. The van der Waals surface area contributed by atoms with Crippen LogP contribution >= 0.6 is 0 Å². The molecular weight excluding hydrogens is 535 g/mol. The first-order valence-corrected chi connectivity index (χ1v) is 13.8. The Hall–Kier alpha value is -3.40. The van der Waals surface area contributed by atoms with Crippen molar-refractivity contribution in [3.8, 4) is 11.3 Å². The van der Waals surface area contributed by atoms with E-state index in [1.165, 1.54) is 12.1 Å². The van der Waals surface area contributed by atoms with Crippen LogP contribution in [0.4, 0.5) is 13.2 Å². The third kappa shape index (κ3) is 5.58. The molecule has 1 N–H and O–H groups in total. The summed E-state index contributed by atoms with van der Waals surface area (Å²) < 4.78 is 45.4. The highest BCUT2D eigenvalue weighted by Crippen LogP contribution is 2.40. The molecule has 0 spiro atoms. The second kappa shape index (κ2) is 9.58. The zero-order chi connectivity index (χ0) is 30.1. The quantitative estimate of drug-likeness (QED) is 0.415. The van der Waals surface area contributed by atoms with Gasteiger partial charge < -0.3 is 19.3 Å². The number of piperazine rings is 1. The van der Waals surface area contributed by atoms with Gasteiger partial charge in [-0.25, -0.2) is 4.98 Å². The lowest BCUT2D eigenvalue weighted by Gasteiger charge is -2.49. The Bertz CT molecular complexity index is 1490. The number of carbonyl (C=O) groups is 2.